The van der Waals surface area contributed by atoms with Gasteiger partial charge in [0, 0.05) is 39.3 Å². The van der Waals surface area contributed by atoms with Crippen LogP contribution in [0.4, 0.5) is 4.79 Å². The third-order valence-corrected chi connectivity index (χ3v) is 2.82. The van der Waals surface area contributed by atoms with Crippen LogP contribution in [0.3, 0.4) is 0 Å². The van der Waals surface area contributed by atoms with E-state index < -0.39 is 0 Å². The summed E-state index contributed by atoms with van der Waals surface area (Å²) in [7, 11) is 2.13. The van der Waals surface area contributed by atoms with Crippen LogP contribution in [0.15, 0.2) is 0 Å². The number of amides is 1. The topological polar surface area (TPSA) is 44.8 Å². The number of nitrogens with one attached hydrogen (secondary N) is 1. The van der Waals surface area contributed by atoms with Gasteiger partial charge in [-0.1, -0.05) is 0 Å². The van der Waals surface area contributed by atoms with Gasteiger partial charge in [0.2, 0.25) is 0 Å². The monoisotopic (exact) mass is 341 g/mol. The fourth-order valence-electron chi connectivity index (χ4n) is 1.58. The molecule has 5 nitrogen and oxygen atoms in total. The van der Waals surface area contributed by atoms with E-state index in [0.29, 0.717) is 6.54 Å². The number of likely N-dealkylation sites (N-methyl/N-ethyl adjacent to an activating group) is 1. The first-order chi connectivity index (χ1) is 7.58. The Balaban J connectivity index is 2.04. The lowest BCUT2D eigenvalue weighted by Crippen LogP contribution is -2.47. The summed E-state index contributed by atoms with van der Waals surface area (Å²) >= 11 is 2.06. The Labute approximate surface area is 111 Å². The highest BCUT2D eigenvalue weighted by molar-refractivity contribution is 14.1. The summed E-state index contributed by atoms with van der Waals surface area (Å²) in [4.78, 5) is 15.9. The average Bonchev–Trinajstić information content (AvgIpc) is 2.20. The molecule has 16 heavy (non-hydrogen) atoms. The summed E-state index contributed by atoms with van der Waals surface area (Å²) in [6, 6.07) is 0. The second kappa shape index (κ2) is 7.29. The van der Waals surface area contributed by atoms with Crippen molar-refractivity contribution in [2.24, 2.45) is 0 Å². The molecule has 0 aromatic carbocycles. The van der Waals surface area contributed by atoms with Gasteiger partial charge in [-0.05, 0) is 36.6 Å². The number of ether oxygens (including phenoxy) is 1. The maximum atomic E-state index is 11.2. The van der Waals surface area contributed by atoms with Crippen LogP contribution in [0.2, 0.25) is 0 Å². The first kappa shape index (κ1) is 14.0. The number of carbonyl (C=O) groups excluding carboxylic acids is 1. The van der Waals surface area contributed by atoms with Gasteiger partial charge >= 0.3 is 6.09 Å². The molecule has 1 atom stereocenters. The van der Waals surface area contributed by atoms with Crippen molar-refractivity contribution in [2.75, 3.05) is 46.3 Å². The molecule has 1 aliphatic rings. The van der Waals surface area contributed by atoms with Crippen molar-refractivity contribution in [1.82, 2.24) is 15.1 Å². The first-order valence-corrected chi connectivity index (χ1v) is 6.82. The molecule has 1 N–H and O–H groups in total. The maximum Gasteiger partial charge on any atom is 0.408 e. The molecule has 0 bridgehead atoms. The van der Waals surface area contributed by atoms with Crippen LogP contribution in [0.5, 0.6) is 0 Å². The fraction of sp³-hybridized carbons (Fsp3) is 0.900. The molecule has 0 saturated carbocycles. The Bertz CT molecular complexity index is 218. The normalized spacial score (nSPS) is 20.4. The van der Waals surface area contributed by atoms with Crippen LogP contribution < -0.4 is 5.32 Å². The zero-order valence-electron chi connectivity index (χ0n) is 9.91. The Morgan fingerprint density at radius 3 is 2.62 bits per heavy atom. The Hall–Kier alpha value is -0.0800. The quantitative estimate of drug-likeness (QED) is 0.605. The lowest BCUT2D eigenvalue weighted by molar-refractivity contribution is 0.136. The Morgan fingerprint density at radius 1 is 1.44 bits per heavy atom. The minimum atomic E-state index is -0.323. The van der Waals surface area contributed by atoms with E-state index in [0.717, 1.165) is 32.7 Å². The molecule has 1 heterocycles. The minimum absolute atomic E-state index is 0.0822. The molecule has 6 heteroatoms. The van der Waals surface area contributed by atoms with E-state index in [-0.39, 0.29) is 10.2 Å². The first-order valence-electron chi connectivity index (χ1n) is 5.57. The van der Waals surface area contributed by atoms with E-state index in [2.05, 4.69) is 44.8 Å². The summed E-state index contributed by atoms with van der Waals surface area (Å²) in [5.41, 5.74) is 0. The third kappa shape index (κ3) is 5.86. The Morgan fingerprint density at radius 2 is 2.06 bits per heavy atom. The number of halogens is 1. The van der Waals surface area contributed by atoms with Crippen LogP contribution in [0, 0.1) is 0 Å². The molecule has 0 spiro atoms. The van der Waals surface area contributed by atoms with E-state index >= 15 is 0 Å². The number of carbonyl (C=O) groups is 1. The number of alkyl halides is 1. The number of hydrogen-bond acceptors (Lipinski definition) is 4. The average molecular weight is 341 g/mol. The van der Waals surface area contributed by atoms with E-state index in [4.69, 9.17) is 4.74 Å². The van der Waals surface area contributed by atoms with Crippen molar-refractivity contribution < 1.29 is 9.53 Å². The number of piperazine rings is 1. The second-order valence-corrected chi connectivity index (χ2v) is 5.77. The van der Waals surface area contributed by atoms with E-state index in [1.807, 2.05) is 6.92 Å². The summed E-state index contributed by atoms with van der Waals surface area (Å²) < 4.78 is 4.88. The largest absolute Gasteiger partial charge is 0.436 e. The van der Waals surface area contributed by atoms with Crippen molar-refractivity contribution in [1.29, 1.82) is 0 Å². The van der Waals surface area contributed by atoms with Crippen LogP contribution in [0.25, 0.3) is 0 Å². The summed E-state index contributed by atoms with van der Waals surface area (Å²) in [5, 5.41) is 2.75. The van der Waals surface area contributed by atoms with Crippen LogP contribution in [-0.2, 0) is 4.74 Å². The van der Waals surface area contributed by atoms with Crippen LogP contribution >= 0.6 is 22.6 Å². The predicted octanol–water partition coefficient (Wildman–Crippen LogP) is 0.741. The van der Waals surface area contributed by atoms with E-state index in [1.165, 1.54) is 0 Å². The number of hydrogen-bond donors (Lipinski definition) is 1. The zero-order valence-corrected chi connectivity index (χ0v) is 12.1. The highest BCUT2D eigenvalue weighted by atomic mass is 127. The van der Waals surface area contributed by atoms with Gasteiger partial charge in [0.25, 0.3) is 0 Å². The lowest BCUT2D eigenvalue weighted by atomic mass is 10.3. The SMILES string of the molecule is CC(I)OC(=O)NCCN1CCN(C)CC1. The molecule has 1 saturated heterocycles. The molecular weight excluding hydrogens is 321 g/mol. The molecule has 1 amide bonds. The molecule has 94 valence electrons. The highest BCUT2D eigenvalue weighted by Crippen LogP contribution is 2.00. The smallest absolute Gasteiger partial charge is 0.408 e. The van der Waals surface area contributed by atoms with Gasteiger partial charge in [-0.3, -0.25) is 4.90 Å². The van der Waals surface area contributed by atoms with Crippen molar-refractivity contribution in [3.05, 3.63) is 0 Å². The fourth-order valence-corrected chi connectivity index (χ4v) is 1.81. The predicted molar refractivity (Wildman–Crippen MR) is 71.9 cm³/mol. The van der Waals surface area contributed by atoms with Crippen molar-refractivity contribution in [3.63, 3.8) is 0 Å². The van der Waals surface area contributed by atoms with E-state index in [9.17, 15) is 4.79 Å². The van der Waals surface area contributed by atoms with Crippen LogP contribution in [-0.4, -0.2) is 66.3 Å². The number of rotatable bonds is 4. The van der Waals surface area contributed by atoms with Gasteiger partial charge in [0.15, 0.2) is 4.11 Å². The highest BCUT2D eigenvalue weighted by Gasteiger charge is 2.13. The molecule has 0 aromatic heterocycles. The molecule has 0 aromatic rings. The summed E-state index contributed by atoms with van der Waals surface area (Å²) in [6.45, 7) is 7.77. The third-order valence-electron chi connectivity index (χ3n) is 2.56. The van der Waals surface area contributed by atoms with Crippen molar-refractivity contribution in [3.8, 4) is 0 Å². The molecule has 1 fully saturated rings. The van der Waals surface area contributed by atoms with Gasteiger partial charge in [-0.25, -0.2) is 4.79 Å². The molecule has 0 radical (unpaired) electrons. The minimum Gasteiger partial charge on any atom is -0.436 e. The van der Waals surface area contributed by atoms with Gasteiger partial charge in [-0.2, -0.15) is 0 Å². The molecule has 1 rings (SSSR count). The number of nitrogens with zero attached hydrogens (tertiary/aromatic N) is 2. The lowest BCUT2D eigenvalue weighted by Gasteiger charge is -2.32. The van der Waals surface area contributed by atoms with Gasteiger partial charge < -0.3 is 15.0 Å². The van der Waals surface area contributed by atoms with Crippen molar-refractivity contribution in [2.45, 2.75) is 11.0 Å². The summed E-state index contributed by atoms with van der Waals surface area (Å²) in [6.07, 6.45) is -0.323. The van der Waals surface area contributed by atoms with E-state index in [1.54, 1.807) is 0 Å². The Kier molecular flexibility index (Phi) is 6.37. The molecule has 1 aliphatic heterocycles. The second-order valence-electron chi connectivity index (χ2n) is 4.02. The van der Waals surface area contributed by atoms with Gasteiger partial charge in [-0.15, -0.1) is 0 Å². The van der Waals surface area contributed by atoms with Crippen LogP contribution in [0.1, 0.15) is 6.92 Å². The van der Waals surface area contributed by atoms with Gasteiger partial charge in [0.05, 0.1) is 0 Å². The van der Waals surface area contributed by atoms with Gasteiger partial charge in [0.1, 0.15) is 0 Å². The molecular formula is C10H20IN3O2. The standard InChI is InChI=1S/C10H20IN3O2/c1-9(11)16-10(15)12-3-4-14-7-5-13(2)6-8-14/h9H,3-8H2,1-2H3,(H,12,15). The molecule has 1 unspecified atom stereocenters. The molecule has 0 aliphatic carbocycles. The summed E-state index contributed by atoms with van der Waals surface area (Å²) in [5.74, 6) is 0. The zero-order chi connectivity index (χ0) is 12.0. The maximum absolute atomic E-state index is 11.2. The van der Waals surface area contributed by atoms with Crippen molar-refractivity contribution >= 4 is 28.7 Å². The number of alkyl carbamates (subject to hydrolysis) is 1.